The van der Waals surface area contributed by atoms with Crippen LogP contribution in [0.25, 0.3) is 0 Å². The first-order chi connectivity index (χ1) is 13.7. The minimum atomic E-state index is 0.229. The summed E-state index contributed by atoms with van der Waals surface area (Å²) in [5.74, 6) is 0.766. The predicted molar refractivity (Wildman–Crippen MR) is 120 cm³/mol. The van der Waals surface area contributed by atoms with Crippen LogP contribution < -0.4 is 4.90 Å². The van der Waals surface area contributed by atoms with Crippen molar-refractivity contribution >= 4 is 11.6 Å². The number of hydrogen-bond acceptors (Lipinski definition) is 2. The molecule has 0 spiro atoms. The van der Waals surface area contributed by atoms with Crippen LogP contribution in [0.15, 0.2) is 60.7 Å². The zero-order valence-electron chi connectivity index (χ0n) is 18.0. The van der Waals surface area contributed by atoms with Crippen molar-refractivity contribution < 1.29 is 4.79 Å². The Kier molecular flexibility index (Phi) is 9.22. The van der Waals surface area contributed by atoms with Gasteiger partial charge in [0.1, 0.15) is 0 Å². The fraction of sp³-hybridized carbons (Fsp3) is 0.480. The molecule has 0 saturated carbocycles. The summed E-state index contributed by atoms with van der Waals surface area (Å²) >= 11 is 0. The van der Waals surface area contributed by atoms with Crippen LogP contribution >= 0.6 is 0 Å². The Balaban J connectivity index is 0.00000136. The van der Waals surface area contributed by atoms with Crippen molar-refractivity contribution in [3.8, 4) is 0 Å². The van der Waals surface area contributed by atoms with Gasteiger partial charge in [-0.15, -0.1) is 0 Å². The van der Waals surface area contributed by atoms with Crippen LogP contribution in [-0.4, -0.2) is 36.5 Å². The molecular weight excluding hydrogens is 344 g/mol. The number of benzene rings is 2. The van der Waals surface area contributed by atoms with Crippen molar-refractivity contribution in [2.75, 3.05) is 24.5 Å². The van der Waals surface area contributed by atoms with Gasteiger partial charge < -0.3 is 9.80 Å². The molecule has 1 saturated heterocycles. The maximum atomic E-state index is 12.6. The number of para-hydroxylation sites is 1. The van der Waals surface area contributed by atoms with Crippen LogP contribution in [0, 0.1) is 0 Å². The Bertz CT molecular complexity index is 678. The molecule has 1 unspecified atom stereocenters. The number of hydrogen-bond donors (Lipinski definition) is 0. The van der Waals surface area contributed by atoms with Gasteiger partial charge >= 0.3 is 0 Å². The fourth-order valence-corrected chi connectivity index (χ4v) is 3.95. The average molecular weight is 381 g/mol. The van der Waals surface area contributed by atoms with Gasteiger partial charge in [0.05, 0.1) is 0 Å². The van der Waals surface area contributed by atoms with Gasteiger partial charge in [0.2, 0.25) is 5.91 Å². The molecule has 1 fully saturated rings. The zero-order valence-corrected chi connectivity index (χ0v) is 18.0. The highest BCUT2D eigenvalue weighted by atomic mass is 16.2. The van der Waals surface area contributed by atoms with E-state index in [1.807, 2.05) is 43.9 Å². The molecule has 2 aromatic carbocycles. The first-order valence-electron chi connectivity index (χ1n) is 10.8. The van der Waals surface area contributed by atoms with E-state index in [0.717, 1.165) is 38.2 Å². The lowest BCUT2D eigenvalue weighted by Gasteiger charge is -2.39. The van der Waals surface area contributed by atoms with Crippen LogP contribution in [-0.2, 0) is 4.79 Å². The third-order valence-electron chi connectivity index (χ3n) is 5.43. The smallest absolute Gasteiger partial charge is 0.226 e. The van der Waals surface area contributed by atoms with Crippen molar-refractivity contribution in [1.82, 2.24) is 4.90 Å². The van der Waals surface area contributed by atoms with E-state index in [1.165, 1.54) is 5.56 Å². The highest BCUT2D eigenvalue weighted by Crippen LogP contribution is 2.26. The first kappa shape index (κ1) is 22.2. The molecule has 1 aliphatic rings. The lowest BCUT2D eigenvalue weighted by molar-refractivity contribution is -0.119. The molecule has 3 nitrogen and oxygen atoms in total. The van der Waals surface area contributed by atoms with Crippen LogP contribution in [0.4, 0.5) is 5.69 Å². The van der Waals surface area contributed by atoms with Gasteiger partial charge in [-0.25, -0.2) is 0 Å². The van der Waals surface area contributed by atoms with Crippen LogP contribution in [0.3, 0.4) is 0 Å². The van der Waals surface area contributed by atoms with E-state index in [-0.39, 0.29) is 5.91 Å². The Hall–Kier alpha value is -2.13. The molecule has 28 heavy (non-hydrogen) atoms. The molecule has 0 radical (unpaired) electrons. The number of likely N-dealkylation sites (tertiary alicyclic amines) is 1. The lowest BCUT2D eigenvalue weighted by atomic mass is 9.97. The molecule has 3 rings (SSSR count). The predicted octanol–water partition coefficient (Wildman–Crippen LogP) is 5.72. The van der Waals surface area contributed by atoms with Crippen molar-refractivity contribution in [3.05, 3.63) is 66.2 Å². The number of anilines is 1. The molecule has 0 N–H and O–H groups in total. The van der Waals surface area contributed by atoms with E-state index in [4.69, 9.17) is 0 Å². The molecule has 3 heteroatoms. The number of rotatable bonds is 6. The zero-order chi connectivity index (χ0) is 20.4. The number of carbonyl (C=O) groups excluding carboxylic acids is 1. The molecular formula is C25H36N2O. The van der Waals surface area contributed by atoms with Gasteiger partial charge in [0.15, 0.2) is 0 Å². The Morgan fingerprint density at radius 2 is 1.54 bits per heavy atom. The number of nitrogens with zero attached hydrogens (tertiary/aromatic N) is 2. The van der Waals surface area contributed by atoms with E-state index in [9.17, 15) is 4.79 Å². The van der Waals surface area contributed by atoms with Crippen LogP contribution in [0.2, 0.25) is 0 Å². The van der Waals surface area contributed by atoms with Crippen molar-refractivity contribution in [2.45, 2.75) is 58.9 Å². The fourth-order valence-electron chi connectivity index (χ4n) is 3.95. The molecule has 2 aromatic rings. The molecule has 0 bridgehead atoms. The monoisotopic (exact) mass is 380 g/mol. The number of carbonyl (C=O) groups is 1. The third kappa shape index (κ3) is 5.93. The van der Waals surface area contributed by atoms with E-state index >= 15 is 0 Å². The van der Waals surface area contributed by atoms with Crippen LogP contribution in [0.1, 0.15) is 58.4 Å². The largest absolute Gasteiger partial charge is 0.309 e. The van der Waals surface area contributed by atoms with E-state index in [0.29, 0.717) is 18.4 Å². The normalized spacial score (nSPS) is 16.0. The second-order valence-electron chi connectivity index (χ2n) is 7.30. The topological polar surface area (TPSA) is 23.6 Å². The maximum absolute atomic E-state index is 12.6. The molecule has 0 aromatic heterocycles. The standard InChI is InChI=1S/C23H30N2O.C2H6/c1-3-23(26)25(21-12-8-5-9-13-21)22-14-16-24(17-15-22)18-19(2)20-10-6-4-7-11-20;1-2/h4-13,19,22H,3,14-18H2,1-2H3;1-2H3. The van der Waals surface area contributed by atoms with Gasteiger partial charge in [0, 0.05) is 37.8 Å². The molecule has 1 aliphatic heterocycles. The Labute approximate surface area is 171 Å². The second kappa shape index (κ2) is 11.7. The minimum absolute atomic E-state index is 0.229. The number of amides is 1. The highest BCUT2D eigenvalue weighted by Gasteiger charge is 2.28. The van der Waals surface area contributed by atoms with Gasteiger partial charge in [-0.05, 0) is 36.5 Å². The Morgan fingerprint density at radius 1 is 1.00 bits per heavy atom. The summed E-state index contributed by atoms with van der Waals surface area (Å²) in [6, 6.07) is 21.2. The van der Waals surface area contributed by atoms with Gasteiger partial charge in [-0.2, -0.15) is 0 Å². The minimum Gasteiger partial charge on any atom is -0.309 e. The third-order valence-corrected chi connectivity index (χ3v) is 5.43. The molecule has 0 aliphatic carbocycles. The summed E-state index contributed by atoms with van der Waals surface area (Å²) < 4.78 is 0. The van der Waals surface area contributed by atoms with Crippen molar-refractivity contribution in [3.63, 3.8) is 0 Å². The van der Waals surface area contributed by atoms with Crippen molar-refractivity contribution in [2.24, 2.45) is 0 Å². The van der Waals surface area contributed by atoms with E-state index in [2.05, 4.69) is 54.3 Å². The molecule has 1 heterocycles. The second-order valence-corrected chi connectivity index (χ2v) is 7.30. The van der Waals surface area contributed by atoms with E-state index in [1.54, 1.807) is 0 Å². The maximum Gasteiger partial charge on any atom is 0.226 e. The summed E-state index contributed by atoms with van der Waals surface area (Å²) in [7, 11) is 0. The van der Waals surface area contributed by atoms with Crippen molar-refractivity contribution in [1.29, 1.82) is 0 Å². The summed E-state index contributed by atoms with van der Waals surface area (Å²) in [5, 5.41) is 0. The SMILES string of the molecule is CC.CCC(=O)N(c1ccccc1)C1CCN(CC(C)c2ccccc2)CC1. The van der Waals surface area contributed by atoms with Gasteiger partial charge in [-0.1, -0.05) is 76.2 Å². The van der Waals surface area contributed by atoms with E-state index < -0.39 is 0 Å². The number of piperidine rings is 1. The average Bonchev–Trinajstić information content (AvgIpc) is 2.77. The molecule has 1 atom stereocenters. The summed E-state index contributed by atoms with van der Waals surface area (Å²) in [5.41, 5.74) is 2.44. The highest BCUT2D eigenvalue weighted by molar-refractivity contribution is 5.93. The van der Waals surface area contributed by atoms with Crippen LogP contribution in [0.5, 0.6) is 0 Å². The summed E-state index contributed by atoms with van der Waals surface area (Å²) in [4.78, 5) is 17.2. The first-order valence-corrected chi connectivity index (χ1v) is 10.8. The van der Waals surface area contributed by atoms with Gasteiger partial charge in [-0.3, -0.25) is 4.79 Å². The quantitative estimate of drug-likeness (QED) is 0.639. The molecule has 152 valence electrons. The molecule has 1 amide bonds. The van der Waals surface area contributed by atoms with Gasteiger partial charge in [0.25, 0.3) is 0 Å². The Morgan fingerprint density at radius 3 is 2.07 bits per heavy atom. The lowest BCUT2D eigenvalue weighted by Crippen LogP contribution is -2.48. The summed E-state index contributed by atoms with van der Waals surface area (Å²) in [6.07, 6.45) is 2.64. The summed E-state index contributed by atoms with van der Waals surface area (Å²) in [6.45, 7) is 11.5.